The number of aliphatic hydroxyl groups excluding tert-OH is 1. The molecule has 2 aliphatic carbocycles. The van der Waals surface area contributed by atoms with Crippen molar-refractivity contribution in [2.75, 3.05) is 44.7 Å². The lowest BCUT2D eigenvalue weighted by atomic mass is 9.62. The average molecular weight is 653 g/mol. The molecular formula is C36H37FN6O3S. The number of anilines is 2. The van der Waals surface area contributed by atoms with Crippen molar-refractivity contribution in [2.24, 2.45) is 5.41 Å². The van der Waals surface area contributed by atoms with Crippen molar-refractivity contribution in [1.29, 1.82) is 5.26 Å². The summed E-state index contributed by atoms with van der Waals surface area (Å²) in [5.74, 6) is 0.151. The molecule has 11 heteroatoms. The van der Waals surface area contributed by atoms with Crippen LogP contribution in [0.5, 0.6) is 0 Å². The molecule has 1 amide bonds. The summed E-state index contributed by atoms with van der Waals surface area (Å²) in [6.45, 7) is 3.68. The smallest absolute Gasteiger partial charge is 0.258 e. The van der Waals surface area contributed by atoms with Gasteiger partial charge in [-0.3, -0.25) is 14.5 Å². The number of benzene rings is 2. The van der Waals surface area contributed by atoms with Gasteiger partial charge in [-0.15, -0.1) is 0 Å². The molecule has 1 spiro atoms. The van der Waals surface area contributed by atoms with Crippen molar-refractivity contribution in [3.8, 4) is 17.3 Å². The number of likely N-dealkylation sites (tertiary alicyclic amines) is 2. The van der Waals surface area contributed by atoms with Crippen LogP contribution in [-0.2, 0) is 4.79 Å². The molecule has 0 atom stereocenters. The van der Waals surface area contributed by atoms with Crippen molar-refractivity contribution in [3.63, 3.8) is 0 Å². The van der Waals surface area contributed by atoms with Crippen LogP contribution in [0, 0.1) is 22.6 Å². The second-order valence-electron chi connectivity index (χ2n) is 14.0. The summed E-state index contributed by atoms with van der Waals surface area (Å²) in [5, 5.41) is 21.7. The molecule has 8 rings (SSSR count). The van der Waals surface area contributed by atoms with Crippen molar-refractivity contribution in [2.45, 2.75) is 56.6 Å². The Morgan fingerprint density at radius 1 is 1.11 bits per heavy atom. The number of carbonyl (C=O) groups excluding carboxylic acids is 1. The van der Waals surface area contributed by atoms with Crippen LogP contribution in [0.1, 0.15) is 60.9 Å². The van der Waals surface area contributed by atoms with E-state index in [-0.39, 0.29) is 34.8 Å². The third-order valence-electron chi connectivity index (χ3n) is 10.6. The lowest BCUT2D eigenvalue weighted by Gasteiger charge is -2.58. The van der Waals surface area contributed by atoms with Crippen LogP contribution in [0.15, 0.2) is 53.5 Å². The van der Waals surface area contributed by atoms with E-state index in [1.165, 1.54) is 29.0 Å². The molecule has 47 heavy (non-hydrogen) atoms. The van der Waals surface area contributed by atoms with Gasteiger partial charge in [0.1, 0.15) is 22.5 Å². The van der Waals surface area contributed by atoms with E-state index in [1.54, 1.807) is 12.1 Å². The predicted octanol–water partition coefficient (Wildman–Crippen LogP) is 5.40. The maximum atomic E-state index is 13.6. The molecule has 242 valence electrons. The number of hydrogen-bond donors (Lipinski definition) is 1. The fourth-order valence-corrected chi connectivity index (χ4v) is 8.65. The number of thiazole rings is 1. The molecular weight excluding hydrogens is 616 g/mol. The molecule has 2 aliphatic heterocycles. The number of amides is 1. The Balaban J connectivity index is 1.04. The molecule has 9 nitrogen and oxygen atoms in total. The van der Waals surface area contributed by atoms with Gasteiger partial charge in [0.15, 0.2) is 5.13 Å². The van der Waals surface area contributed by atoms with Crippen molar-refractivity contribution in [3.05, 3.63) is 75.3 Å². The topological polar surface area (TPSA) is 106 Å². The minimum absolute atomic E-state index is 0.00701. The van der Waals surface area contributed by atoms with Gasteiger partial charge in [-0.2, -0.15) is 5.26 Å². The number of aliphatic hydroxyl groups is 1. The van der Waals surface area contributed by atoms with Crippen LogP contribution in [0.25, 0.3) is 22.0 Å². The monoisotopic (exact) mass is 652 g/mol. The van der Waals surface area contributed by atoms with Gasteiger partial charge < -0.3 is 19.5 Å². The quantitative estimate of drug-likeness (QED) is 0.285. The molecule has 4 aliphatic rings. The Hall–Kier alpha value is -4.11. The van der Waals surface area contributed by atoms with Gasteiger partial charge in [0.05, 0.1) is 18.3 Å². The number of carbonyl (C=O) groups is 1. The van der Waals surface area contributed by atoms with Crippen LogP contribution in [0.4, 0.5) is 15.2 Å². The highest BCUT2D eigenvalue weighted by Crippen LogP contribution is 2.48. The lowest BCUT2D eigenvalue weighted by Crippen LogP contribution is -2.66. The Kier molecular flexibility index (Phi) is 7.43. The van der Waals surface area contributed by atoms with Crippen LogP contribution in [0.3, 0.4) is 0 Å². The number of halogens is 1. The molecule has 4 aromatic rings. The number of pyridine rings is 1. The summed E-state index contributed by atoms with van der Waals surface area (Å²) in [6.07, 6.45) is 7.19. The minimum atomic E-state index is -0.348. The Labute approximate surface area is 276 Å². The van der Waals surface area contributed by atoms with E-state index in [4.69, 9.17) is 4.98 Å². The summed E-state index contributed by atoms with van der Waals surface area (Å²) < 4.78 is 15.5. The van der Waals surface area contributed by atoms with Crippen LogP contribution >= 0.6 is 11.3 Å². The molecule has 1 N–H and O–H groups in total. The zero-order chi connectivity index (χ0) is 32.4. The number of nitrogens with zero attached hydrogens (tertiary/aromatic N) is 6. The van der Waals surface area contributed by atoms with Crippen LogP contribution in [-0.4, -0.2) is 76.2 Å². The zero-order valence-corrected chi connectivity index (χ0v) is 27.2. The van der Waals surface area contributed by atoms with Gasteiger partial charge in [0.25, 0.3) is 5.56 Å². The first-order chi connectivity index (χ1) is 22.7. The van der Waals surface area contributed by atoms with Gasteiger partial charge in [-0.25, -0.2) is 9.37 Å². The van der Waals surface area contributed by atoms with Crippen molar-refractivity contribution >= 4 is 38.8 Å². The Morgan fingerprint density at radius 2 is 1.83 bits per heavy atom. The third kappa shape index (κ3) is 5.52. The molecule has 0 unspecified atom stereocenters. The summed E-state index contributed by atoms with van der Waals surface area (Å²) in [4.78, 5) is 38.0. The highest BCUT2D eigenvalue weighted by molar-refractivity contribution is 7.16. The fourth-order valence-electron chi connectivity index (χ4n) is 7.79. The van der Waals surface area contributed by atoms with Gasteiger partial charge in [0, 0.05) is 54.1 Å². The van der Waals surface area contributed by atoms with Gasteiger partial charge in [0.2, 0.25) is 5.91 Å². The summed E-state index contributed by atoms with van der Waals surface area (Å²) in [7, 11) is 1.92. The van der Waals surface area contributed by atoms with Gasteiger partial charge in [-0.1, -0.05) is 17.4 Å². The molecule has 0 radical (unpaired) electrons. The SMILES string of the molecule is CN(c1nc(-c2ccc(F)cc2)c(C#N)s1)c1cn(C2CC2)c(=O)c2ccc(C3CCN(CC(=O)N4CC5(CC(O)C5)C4)CC3)cc12. The average Bonchev–Trinajstić information content (AvgIpc) is 3.80. The Bertz CT molecular complexity index is 1960. The summed E-state index contributed by atoms with van der Waals surface area (Å²) in [6, 6.07) is 14.6. The van der Waals surface area contributed by atoms with Crippen LogP contribution in [0.2, 0.25) is 0 Å². The van der Waals surface area contributed by atoms with Gasteiger partial charge >= 0.3 is 0 Å². The molecule has 4 heterocycles. The van der Waals surface area contributed by atoms with Gasteiger partial charge in [-0.05, 0) is 99.5 Å². The molecule has 2 saturated carbocycles. The van der Waals surface area contributed by atoms with E-state index in [2.05, 4.69) is 23.1 Å². The molecule has 2 saturated heterocycles. The first-order valence-corrected chi connectivity index (χ1v) is 17.3. The number of hydrogen-bond acceptors (Lipinski definition) is 8. The van der Waals surface area contributed by atoms with E-state index in [0.717, 1.165) is 75.8 Å². The highest BCUT2D eigenvalue weighted by atomic mass is 32.1. The number of nitriles is 1. The first kappa shape index (κ1) is 30.2. The predicted molar refractivity (Wildman–Crippen MR) is 179 cm³/mol. The second-order valence-corrected chi connectivity index (χ2v) is 15.0. The second kappa shape index (κ2) is 11.5. The number of fused-ring (bicyclic) bond motifs is 1. The lowest BCUT2D eigenvalue weighted by molar-refractivity contribution is -0.164. The standard InChI is InChI=1S/C36H37FN6O3S/c1-40(35-39-33(31(17-38)47-35)23-2-5-25(37)6-3-23)30-18-43(26-7-8-26)34(46)28-9-4-24(14-29(28)30)22-10-12-41(13-11-22)19-32(45)42-20-36(21-42)15-27(44)16-36/h2-6,9,14,18,22,26-27,44H,7-8,10-13,15-16,19-21H2,1H3. The van der Waals surface area contributed by atoms with Crippen molar-refractivity contribution < 1.29 is 14.3 Å². The largest absolute Gasteiger partial charge is 0.393 e. The summed E-state index contributed by atoms with van der Waals surface area (Å²) in [5.41, 5.74) is 3.41. The van der Waals surface area contributed by atoms with E-state index in [9.17, 15) is 24.3 Å². The minimum Gasteiger partial charge on any atom is -0.393 e. The van der Waals surface area contributed by atoms with E-state index < -0.39 is 0 Å². The maximum absolute atomic E-state index is 13.6. The molecule has 2 aromatic carbocycles. The molecule has 4 fully saturated rings. The summed E-state index contributed by atoms with van der Waals surface area (Å²) >= 11 is 1.28. The molecule has 0 bridgehead atoms. The number of aromatic nitrogens is 2. The number of piperidine rings is 1. The van der Waals surface area contributed by atoms with Crippen molar-refractivity contribution in [1.82, 2.24) is 19.4 Å². The Morgan fingerprint density at radius 3 is 2.49 bits per heavy atom. The van der Waals surface area contributed by atoms with E-state index in [0.29, 0.717) is 39.1 Å². The molecule has 2 aromatic heterocycles. The van der Waals surface area contributed by atoms with Crippen LogP contribution < -0.4 is 10.5 Å². The highest BCUT2D eigenvalue weighted by Gasteiger charge is 2.53. The normalized spacial score (nSPS) is 19.8. The number of rotatable bonds is 7. The fraction of sp³-hybridized carbons (Fsp3) is 0.444. The van der Waals surface area contributed by atoms with E-state index in [1.807, 2.05) is 33.7 Å². The first-order valence-electron chi connectivity index (χ1n) is 16.5. The zero-order valence-electron chi connectivity index (χ0n) is 26.4. The maximum Gasteiger partial charge on any atom is 0.258 e. The van der Waals surface area contributed by atoms with E-state index >= 15 is 0 Å². The third-order valence-corrected chi connectivity index (χ3v) is 11.7.